The van der Waals surface area contributed by atoms with Crippen molar-refractivity contribution in [2.24, 2.45) is 5.73 Å². The molecule has 0 saturated carbocycles. The predicted octanol–water partition coefficient (Wildman–Crippen LogP) is 2.37. The average Bonchev–Trinajstić information content (AvgIpc) is 2.16. The zero-order valence-corrected chi connectivity index (χ0v) is 10.8. The molecule has 0 unspecified atom stereocenters. The quantitative estimate of drug-likeness (QED) is 0.800. The van der Waals surface area contributed by atoms with E-state index in [0.29, 0.717) is 6.54 Å². The Morgan fingerprint density at radius 1 is 1.20 bits per heavy atom. The third-order valence-electron chi connectivity index (χ3n) is 1.88. The maximum atomic E-state index is 5.90. The molecule has 0 fully saturated rings. The second-order valence-corrected chi connectivity index (χ2v) is 8.83. The van der Waals surface area contributed by atoms with E-state index in [9.17, 15) is 0 Å². The van der Waals surface area contributed by atoms with Crippen LogP contribution in [0, 0.1) is 0 Å². The Balaban J connectivity index is 2.97. The number of hydrogen-bond acceptors (Lipinski definition) is 3. The molecule has 0 aromatic heterocycles. The van der Waals surface area contributed by atoms with Crippen molar-refractivity contribution in [3.8, 4) is 11.5 Å². The molecule has 0 heterocycles. The molecule has 0 saturated heterocycles. The largest absolute Gasteiger partial charge is 0.542 e. The molecule has 0 spiro atoms. The number of methoxy groups -OCH3 is 1. The zero-order chi connectivity index (χ0) is 11.5. The minimum atomic E-state index is -1.58. The van der Waals surface area contributed by atoms with E-state index in [4.69, 9.17) is 14.9 Å². The number of ether oxygens (including phenoxy) is 1. The molecule has 0 aliphatic heterocycles. The normalized spacial score (nSPS) is 11.3. The minimum absolute atomic E-state index is 0.517. The minimum Gasteiger partial charge on any atom is -0.542 e. The van der Waals surface area contributed by atoms with Crippen molar-refractivity contribution in [1.82, 2.24) is 0 Å². The first-order valence-corrected chi connectivity index (χ1v) is 8.43. The molecule has 0 bridgehead atoms. The average molecular weight is 225 g/mol. The van der Waals surface area contributed by atoms with Crippen LogP contribution in [0.4, 0.5) is 0 Å². The second-order valence-electron chi connectivity index (χ2n) is 4.40. The monoisotopic (exact) mass is 225 g/mol. The van der Waals surface area contributed by atoms with Gasteiger partial charge >= 0.3 is 0 Å². The van der Waals surface area contributed by atoms with Gasteiger partial charge in [-0.2, -0.15) is 0 Å². The van der Waals surface area contributed by atoms with Crippen molar-refractivity contribution in [1.29, 1.82) is 0 Å². The summed E-state index contributed by atoms with van der Waals surface area (Å²) in [6, 6.07) is 5.83. The van der Waals surface area contributed by atoms with Crippen LogP contribution in [0.5, 0.6) is 11.5 Å². The molecule has 0 amide bonds. The highest BCUT2D eigenvalue weighted by Gasteiger charge is 2.18. The lowest BCUT2D eigenvalue weighted by atomic mass is 10.2. The zero-order valence-electron chi connectivity index (χ0n) is 9.83. The summed E-state index contributed by atoms with van der Waals surface area (Å²) >= 11 is 0. The van der Waals surface area contributed by atoms with Gasteiger partial charge in [0.05, 0.1) is 7.11 Å². The van der Waals surface area contributed by atoms with Crippen LogP contribution in [0.3, 0.4) is 0 Å². The summed E-state index contributed by atoms with van der Waals surface area (Å²) in [6.45, 7) is 6.94. The van der Waals surface area contributed by atoms with E-state index in [1.807, 2.05) is 18.2 Å². The molecule has 2 N–H and O–H groups in total. The molecule has 0 atom stereocenters. The first-order chi connectivity index (χ1) is 6.96. The summed E-state index contributed by atoms with van der Waals surface area (Å²) in [7, 11) is 0.0610. The Kier molecular flexibility index (Phi) is 3.76. The lowest BCUT2D eigenvalue weighted by Crippen LogP contribution is -2.29. The van der Waals surface area contributed by atoms with E-state index >= 15 is 0 Å². The van der Waals surface area contributed by atoms with E-state index in [1.165, 1.54) is 0 Å². The first kappa shape index (κ1) is 12.1. The second kappa shape index (κ2) is 4.68. The molecule has 0 radical (unpaired) electrons. The summed E-state index contributed by atoms with van der Waals surface area (Å²) in [4.78, 5) is 0. The number of benzene rings is 1. The summed E-state index contributed by atoms with van der Waals surface area (Å²) in [5, 5.41) is 0. The lowest BCUT2D eigenvalue weighted by Gasteiger charge is -2.21. The fourth-order valence-corrected chi connectivity index (χ4v) is 2.08. The number of nitrogens with two attached hydrogens (primary N) is 1. The van der Waals surface area contributed by atoms with E-state index in [2.05, 4.69) is 19.6 Å². The standard InChI is InChI=1S/C11H19NO2Si/c1-13-11-7-9(8-12)5-6-10(11)14-15(2,3)4/h5-7H,8,12H2,1-4H3. The highest BCUT2D eigenvalue weighted by atomic mass is 28.4. The molecule has 15 heavy (non-hydrogen) atoms. The number of hydrogen-bond donors (Lipinski definition) is 1. The van der Waals surface area contributed by atoms with Crippen molar-refractivity contribution >= 4 is 8.32 Å². The molecular weight excluding hydrogens is 206 g/mol. The third kappa shape index (κ3) is 3.57. The Morgan fingerprint density at radius 2 is 1.87 bits per heavy atom. The Bertz CT molecular complexity index is 334. The molecule has 84 valence electrons. The van der Waals surface area contributed by atoms with E-state index < -0.39 is 8.32 Å². The highest BCUT2D eigenvalue weighted by molar-refractivity contribution is 6.70. The molecule has 1 rings (SSSR count). The summed E-state index contributed by atoms with van der Waals surface area (Å²) in [5.74, 6) is 1.58. The van der Waals surface area contributed by atoms with E-state index in [-0.39, 0.29) is 0 Å². The Labute approximate surface area is 92.3 Å². The topological polar surface area (TPSA) is 44.5 Å². The fraction of sp³-hybridized carbons (Fsp3) is 0.455. The molecule has 0 aliphatic rings. The van der Waals surface area contributed by atoms with Gasteiger partial charge in [-0.1, -0.05) is 6.07 Å². The first-order valence-electron chi connectivity index (χ1n) is 5.02. The molecule has 1 aromatic carbocycles. The summed E-state index contributed by atoms with van der Waals surface area (Å²) < 4.78 is 11.2. The molecule has 3 nitrogen and oxygen atoms in total. The SMILES string of the molecule is COc1cc(CN)ccc1O[Si](C)(C)C. The van der Waals surface area contributed by atoms with E-state index in [0.717, 1.165) is 17.1 Å². The molecule has 1 aromatic rings. The maximum absolute atomic E-state index is 5.90. The molecule has 4 heteroatoms. The van der Waals surface area contributed by atoms with Crippen LogP contribution in [-0.4, -0.2) is 15.4 Å². The van der Waals surface area contributed by atoms with E-state index in [1.54, 1.807) is 7.11 Å². The van der Waals surface area contributed by atoms with Crippen LogP contribution < -0.4 is 14.9 Å². The van der Waals surface area contributed by atoms with Gasteiger partial charge in [-0.15, -0.1) is 0 Å². The van der Waals surface area contributed by atoms with Gasteiger partial charge in [-0.25, -0.2) is 0 Å². The molecular formula is C11H19NO2Si. The highest BCUT2D eigenvalue weighted by Crippen LogP contribution is 2.30. The van der Waals surface area contributed by atoms with Crippen LogP contribution in [0.2, 0.25) is 19.6 Å². The lowest BCUT2D eigenvalue weighted by molar-refractivity contribution is 0.391. The van der Waals surface area contributed by atoms with Gasteiger partial charge in [0.25, 0.3) is 0 Å². The van der Waals surface area contributed by atoms with Gasteiger partial charge in [0.15, 0.2) is 5.75 Å². The van der Waals surface area contributed by atoms with Crippen molar-refractivity contribution in [3.63, 3.8) is 0 Å². The Hall–Kier alpha value is -1.00. The van der Waals surface area contributed by atoms with Crippen molar-refractivity contribution in [2.75, 3.05) is 7.11 Å². The summed E-state index contributed by atoms with van der Waals surface area (Å²) in [5.41, 5.74) is 6.61. The van der Waals surface area contributed by atoms with Gasteiger partial charge < -0.3 is 14.9 Å². The predicted molar refractivity (Wildman–Crippen MR) is 64.9 cm³/mol. The van der Waals surface area contributed by atoms with Gasteiger partial charge in [-0.3, -0.25) is 0 Å². The van der Waals surface area contributed by atoms with Crippen LogP contribution in [0.1, 0.15) is 5.56 Å². The van der Waals surface area contributed by atoms with Crippen LogP contribution >= 0.6 is 0 Å². The van der Waals surface area contributed by atoms with Crippen molar-refractivity contribution in [2.45, 2.75) is 26.2 Å². The molecule has 0 aliphatic carbocycles. The van der Waals surface area contributed by atoms with Gasteiger partial charge in [-0.05, 0) is 37.3 Å². The smallest absolute Gasteiger partial charge is 0.242 e. The van der Waals surface area contributed by atoms with Crippen LogP contribution in [0.15, 0.2) is 18.2 Å². The summed E-state index contributed by atoms with van der Waals surface area (Å²) in [6.07, 6.45) is 0. The fourth-order valence-electron chi connectivity index (χ4n) is 1.25. The Morgan fingerprint density at radius 3 is 2.33 bits per heavy atom. The maximum Gasteiger partial charge on any atom is 0.242 e. The van der Waals surface area contributed by atoms with Crippen molar-refractivity contribution in [3.05, 3.63) is 23.8 Å². The van der Waals surface area contributed by atoms with Crippen molar-refractivity contribution < 1.29 is 9.16 Å². The van der Waals surface area contributed by atoms with Crippen LogP contribution in [-0.2, 0) is 6.54 Å². The van der Waals surface area contributed by atoms with Crippen LogP contribution in [0.25, 0.3) is 0 Å². The van der Waals surface area contributed by atoms with Gasteiger partial charge in [0.1, 0.15) is 5.75 Å². The van der Waals surface area contributed by atoms with Gasteiger partial charge in [0.2, 0.25) is 8.32 Å². The van der Waals surface area contributed by atoms with Gasteiger partial charge in [0, 0.05) is 6.54 Å². The number of rotatable bonds is 4. The third-order valence-corrected chi connectivity index (χ3v) is 2.71.